The van der Waals surface area contributed by atoms with Gasteiger partial charge in [0.2, 0.25) is 5.91 Å². The van der Waals surface area contributed by atoms with Gasteiger partial charge in [-0.3, -0.25) is 4.79 Å². The molecule has 0 heterocycles. The van der Waals surface area contributed by atoms with E-state index in [0.717, 1.165) is 5.56 Å². The molecule has 0 fully saturated rings. The fourth-order valence-electron chi connectivity index (χ4n) is 1.35. The minimum absolute atomic E-state index is 0. The topological polar surface area (TPSA) is 90.6 Å². The van der Waals surface area contributed by atoms with Gasteiger partial charge >= 0.3 is 5.97 Å². The molecule has 1 amide bonds. The minimum atomic E-state index is -0.952. The first-order valence-electron chi connectivity index (χ1n) is 6.14. The lowest BCUT2D eigenvalue weighted by Crippen LogP contribution is -2.45. The Morgan fingerprint density at radius 3 is 2.43 bits per heavy atom. The van der Waals surface area contributed by atoms with Crippen LogP contribution in [0.3, 0.4) is 0 Å². The maximum atomic E-state index is 11.8. The second kappa shape index (κ2) is 7.85. The van der Waals surface area contributed by atoms with Crippen LogP contribution < -0.4 is 15.8 Å². The van der Waals surface area contributed by atoms with Crippen molar-refractivity contribution in [2.45, 2.75) is 26.3 Å². The van der Waals surface area contributed by atoms with Crippen molar-refractivity contribution in [1.29, 1.82) is 0 Å². The van der Waals surface area contributed by atoms with Gasteiger partial charge in [0.1, 0.15) is 5.75 Å². The standard InChI is InChI=1S/C14H20N2O4.ClH/c1-9-7-10(20-8-12(17)19-4)5-6-11(9)16-13(18)14(2,3)15;/h5-7H,8,15H2,1-4H3,(H,16,18);1H. The SMILES string of the molecule is COC(=O)COc1ccc(NC(=O)C(C)(C)N)c(C)c1.Cl. The molecule has 0 aliphatic heterocycles. The number of anilines is 1. The number of amides is 1. The summed E-state index contributed by atoms with van der Waals surface area (Å²) in [5.41, 5.74) is 6.23. The summed E-state index contributed by atoms with van der Waals surface area (Å²) in [4.78, 5) is 22.8. The average molecular weight is 317 g/mol. The second-order valence-electron chi connectivity index (χ2n) is 5.02. The van der Waals surface area contributed by atoms with Gasteiger partial charge in [0.15, 0.2) is 6.61 Å². The fourth-order valence-corrected chi connectivity index (χ4v) is 1.35. The van der Waals surface area contributed by atoms with Crippen molar-refractivity contribution in [3.8, 4) is 5.75 Å². The van der Waals surface area contributed by atoms with Crippen molar-refractivity contribution in [2.24, 2.45) is 5.73 Å². The number of carbonyl (C=O) groups is 2. The Labute approximate surface area is 130 Å². The summed E-state index contributed by atoms with van der Waals surface area (Å²) in [7, 11) is 1.30. The van der Waals surface area contributed by atoms with E-state index < -0.39 is 11.5 Å². The molecule has 6 nitrogen and oxygen atoms in total. The molecule has 0 saturated heterocycles. The van der Waals surface area contributed by atoms with Crippen molar-refractivity contribution in [3.05, 3.63) is 23.8 Å². The highest BCUT2D eigenvalue weighted by molar-refractivity contribution is 5.97. The fraction of sp³-hybridized carbons (Fsp3) is 0.429. The molecule has 0 atom stereocenters. The van der Waals surface area contributed by atoms with Crippen molar-refractivity contribution >= 4 is 30.0 Å². The Hall–Kier alpha value is -1.79. The summed E-state index contributed by atoms with van der Waals surface area (Å²) in [6.45, 7) is 4.93. The highest BCUT2D eigenvalue weighted by atomic mass is 35.5. The van der Waals surface area contributed by atoms with E-state index in [-0.39, 0.29) is 24.9 Å². The summed E-state index contributed by atoms with van der Waals surface area (Å²) in [5.74, 6) is -0.202. The van der Waals surface area contributed by atoms with Gasteiger partial charge in [-0.2, -0.15) is 0 Å². The van der Waals surface area contributed by atoms with Crippen LogP contribution in [-0.4, -0.2) is 31.1 Å². The molecule has 1 rings (SSSR count). The van der Waals surface area contributed by atoms with Gasteiger partial charge in [0, 0.05) is 5.69 Å². The summed E-state index contributed by atoms with van der Waals surface area (Å²) < 4.78 is 9.74. The minimum Gasteiger partial charge on any atom is -0.482 e. The number of esters is 1. The van der Waals surface area contributed by atoms with Crippen molar-refractivity contribution in [1.82, 2.24) is 0 Å². The first-order valence-corrected chi connectivity index (χ1v) is 6.14. The molecule has 0 aromatic heterocycles. The normalized spacial score (nSPS) is 10.3. The zero-order valence-corrected chi connectivity index (χ0v) is 13.4. The third kappa shape index (κ3) is 6.01. The Balaban J connectivity index is 0.00000400. The molecule has 0 saturated carbocycles. The van der Waals surface area contributed by atoms with Gasteiger partial charge < -0.3 is 20.5 Å². The number of ether oxygens (including phenoxy) is 2. The Morgan fingerprint density at radius 2 is 1.95 bits per heavy atom. The van der Waals surface area contributed by atoms with Gasteiger partial charge in [0.25, 0.3) is 0 Å². The van der Waals surface area contributed by atoms with Gasteiger partial charge in [0.05, 0.1) is 12.6 Å². The molecular formula is C14H21ClN2O4. The van der Waals surface area contributed by atoms with Gasteiger partial charge in [-0.15, -0.1) is 12.4 Å². The van der Waals surface area contributed by atoms with Crippen molar-refractivity contribution in [2.75, 3.05) is 19.0 Å². The summed E-state index contributed by atoms with van der Waals surface area (Å²) in [6, 6.07) is 5.09. The molecular weight excluding hydrogens is 296 g/mol. The highest BCUT2D eigenvalue weighted by Gasteiger charge is 2.22. The van der Waals surface area contributed by atoms with Crippen LogP contribution in [0.1, 0.15) is 19.4 Å². The number of hydrogen-bond donors (Lipinski definition) is 2. The third-order valence-electron chi connectivity index (χ3n) is 2.62. The quantitative estimate of drug-likeness (QED) is 0.806. The number of halogens is 1. The molecule has 3 N–H and O–H groups in total. The Bertz CT molecular complexity index is 512. The van der Waals surface area contributed by atoms with E-state index in [1.807, 2.05) is 6.92 Å². The molecule has 7 heteroatoms. The lowest BCUT2D eigenvalue weighted by Gasteiger charge is -2.19. The molecule has 0 aliphatic rings. The number of carbonyl (C=O) groups excluding carboxylic acids is 2. The largest absolute Gasteiger partial charge is 0.482 e. The maximum Gasteiger partial charge on any atom is 0.343 e. The maximum absolute atomic E-state index is 11.8. The van der Waals surface area contributed by atoms with Crippen molar-refractivity contribution in [3.63, 3.8) is 0 Å². The van der Waals surface area contributed by atoms with Crippen molar-refractivity contribution < 1.29 is 19.1 Å². The lowest BCUT2D eigenvalue weighted by molar-refractivity contribution is -0.142. The van der Waals surface area contributed by atoms with Crippen LogP contribution in [0.2, 0.25) is 0 Å². The lowest BCUT2D eigenvalue weighted by atomic mass is 10.1. The Morgan fingerprint density at radius 1 is 1.33 bits per heavy atom. The van der Waals surface area contributed by atoms with Crippen LogP contribution in [0, 0.1) is 6.92 Å². The molecule has 118 valence electrons. The molecule has 0 spiro atoms. The van der Waals surface area contributed by atoms with E-state index in [2.05, 4.69) is 10.1 Å². The predicted octanol–water partition coefficient (Wildman–Crippen LogP) is 1.64. The number of nitrogens with two attached hydrogens (primary N) is 1. The van der Waals surface area contributed by atoms with Crippen LogP contribution in [0.25, 0.3) is 0 Å². The van der Waals surface area contributed by atoms with Crippen LogP contribution in [0.15, 0.2) is 18.2 Å². The van der Waals surface area contributed by atoms with E-state index in [1.54, 1.807) is 32.0 Å². The van der Waals surface area contributed by atoms with E-state index >= 15 is 0 Å². The number of benzene rings is 1. The van der Waals surface area contributed by atoms with Gasteiger partial charge in [-0.25, -0.2) is 4.79 Å². The monoisotopic (exact) mass is 316 g/mol. The summed E-state index contributed by atoms with van der Waals surface area (Å²) in [6.07, 6.45) is 0. The molecule has 21 heavy (non-hydrogen) atoms. The molecule has 1 aromatic rings. The van der Waals surface area contributed by atoms with E-state index in [4.69, 9.17) is 10.5 Å². The molecule has 0 radical (unpaired) electrons. The third-order valence-corrected chi connectivity index (χ3v) is 2.62. The number of nitrogens with one attached hydrogen (secondary N) is 1. The molecule has 1 aromatic carbocycles. The summed E-state index contributed by atoms with van der Waals surface area (Å²) >= 11 is 0. The number of hydrogen-bond acceptors (Lipinski definition) is 5. The molecule has 0 aliphatic carbocycles. The van der Waals surface area contributed by atoms with Crippen LogP contribution >= 0.6 is 12.4 Å². The first-order chi connectivity index (χ1) is 9.24. The van der Waals surface area contributed by atoms with Gasteiger partial charge in [-0.1, -0.05) is 0 Å². The smallest absolute Gasteiger partial charge is 0.343 e. The molecule has 0 bridgehead atoms. The zero-order valence-electron chi connectivity index (χ0n) is 12.6. The Kier molecular flexibility index (Phi) is 7.18. The van der Waals surface area contributed by atoms with E-state index in [1.165, 1.54) is 7.11 Å². The average Bonchev–Trinajstić information content (AvgIpc) is 2.37. The predicted molar refractivity (Wildman–Crippen MR) is 82.8 cm³/mol. The van der Waals surface area contributed by atoms with Crippen LogP contribution in [0.5, 0.6) is 5.75 Å². The first kappa shape index (κ1) is 19.2. The summed E-state index contributed by atoms with van der Waals surface area (Å²) in [5, 5.41) is 2.74. The van der Waals surface area contributed by atoms with Crippen LogP contribution in [-0.2, 0) is 14.3 Å². The molecule has 0 unspecified atom stereocenters. The zero-order chi connectivity index (χ0) is 15.3. The second-order valence-corrected chi connectivity index (χ2v) is 5.02. The number of rotatable bonds is 5. The number of aryl methyl sites for hydroxylation is 1. The number of methoxy groups -OCH3 is 1. The van der Waals surface area contributed by atoms with E-state index in [0.29, 0.717) is 11.4 Å². The van der Waals surface area contributed by atoms with Gasteiger partial charge in [-0.05, 0) is 44.5 Å². The van der Waals surface area contributed by atoms with Crippen LogP contribution in [0.4, 0.5) is 5.69 Å². The highest BCUT2D eigenvalue weighted by Crippen LogP contribution is 2.22. The van der Waals surface area contributed by atoms with E-state index in [9.17, 15) is 9.59 Å².